The third kappa shape index (κ3) is 22.1. The van der Waals surface area contributed by atoms with Gasteiger partial charge < -0.3 is 9.47 Å². The molecule has 45 heavy (non-hydrogen) atoms. The number of allylic oxidation sites excluding steroid dienone is 6. The molecule has 1 aliphatic rings. The SMILES string of the molecule is CCCCCCCCCCCOC(=O)C1=C(C(=O)OCCCCCCCCCCC)CC(CCC=C(C)CCC=C(C)C)=CC1. The quantitative estimate of drug-likeness (QED) is 0.0492. The zero-order valence-electron chi connectivity index (χ0n) is 30.2. The molecule has 0 unspecified atom stereocenters. The molecule has 0 saturated carbocycles. The van der Waals surface area contributed by atoms with Gasteiger partial charge >= 0.3 is 11.9 Å². The third-order valence-electron chi connectivity index (χ3n) is 8.87. The molecule has 0 fully saturated rings. The molecule has 0 N–H and O–H groups in total. The first-order valence-corrected chi connectivity index (χ1v) is 18.9. The molecular weight excluding hydrogens is 556 g/mol. The van der Waals surface area contributed by atoms with Gasteiger partial charge in [0.2, 0.25) is 0 Å². The third-order valence-corrected chi connectivity index (χ3v) is 8.87. The zero-order chi connectivity index (χ0) is 33.0. The summed E-state index contributed by atoms with van der Waals surface area (Å²) in [5.74, 6) is -0.668. The van der Waals surface area contributed by atoms with Crippen LogP contribution in [-0.2, 0) is 19.1 Å². The lowest BCUT2D eigenvalue weighted by atomic mass is 9.89. The Labute approximate surface area is 278 Å². The number of carbonyl (C=O) groups excluding carboxylic acids is 2. The molecule has 0 saturated heterocycles. The van der Waals surface area contributed by atoms with Crippen LogP contribution >= 0.6 is 0 Å². The van der Waals surface area contributed by atoms with Gasteiger partial charge in [0.15, 0.2) is 0 Å². The molecule has 0 bridgehead atoms. The van der Waals surface area contributed by atoms with Gasteiger partial charge in [0.25, 0.3) is 0 Å². The van der Waals surface area contributed by atoms with Crippen molar-refractivity contribution in [2.24, 2.45) is 0 Å². The molecule has 0 aromatic heterocycles. The van der Waals surface area contributed by atoms with E-state index < -0.39 is 0 Å². The highest BCUT2D eigenvalue weighted by atomic mass is 16.5. The van der Waals surface area contributed by atoms with Crippen LogP contribution in [0, 0.1) is 0 Å². The topological polar surface area (TPSA) is 52.6 Å². The lowest BCUT2D eigenvalue weighted by molar-refractivity contribution is -0.142. The summed E-state index contributed by atoms with van der Waals surface area (Å²) in [6.07, 6.45) is 33.7. The van der Waals surface area contributed by atoms with Crippen molar-refractivity contribution in [2.75, 3.05) is 13.2 Å². The molecular formula is C41H70O4. The second-order valence-electron chi connectivity index (χ2n) is 13.5. The summed E-state index contributed by atoms with van der Waals surface area (Å²) in [6, 6.07) is 0. The van der Waals surface area contributed by atoms with E-state index >= 15 is 0 Å². The first kappa shape index (κ1) is 40.9. The number of hydrogen-bond acceptors (Lipinski definition) is 4. The van der Waals surface area contributed by atoms with Gasteiger partial charge in [-0.15, -0.1) is 0 Å². The lowest BCUT2D eigenvalue weighted by Gasteiger charge is -2.19. The maximum absolute atomic E-state index is 13.3. The molecule has 4 heteroatoms. The van der Waals surface area contributed by atoms with Crippen molar-refractivity contribution in [3.63, 3.8) is 0 Å². The maximum Gasteiger partial charge on any atom is 0.334 e. The van der Waals surface area contributed by atoms with Crippen LogP contribution in [0.25, 0.3) is 0 Å². The Morgan fingerprint density at radius 1 is 0.622 bits per heavy atom. The Morgan fingerprint density at radius 2 is 1.09 bits per heavy atom. The van der Waals surface area contributed by atoms with Crippen molar-refractivity contribution in [1.29, 1.82) is 0 Å². The Kier molecular flexibility index (Phi) is 25.6. The summed E-state index contributed by atoms with van der Waals surface area (Å²) in [7, 11) is 0. The van der Waals surface area contributed by atoms with E-state index in [0.29, 0.717) is 37.2 Å². The van der Waals surface area contributed by atoms with Crippen LogP contribution < -0.4 is 0 Å². The number of ether oxygens (including phenoxy) is 2. The molecule has 0 heterocycles. The monoisotopic (exact) mass is 627 g/mol. The van der Waals surface area contributed by atoms with Gasteiger partial charge in [0.05, 0.1) is 24.4 Å². The summed E-state index contributed by atoms with van der Waals surface area (Å²) in [4.78, 5) is 26.4. The van der Waals surface area contributed by atoms with E-state index in [0.717, 1.165) is 51.4 Å². The van der Waals surface area contributed by atoms with Crippen molar-refractivity contribution in [1.82, 2.24) is 0 Å². The molecule has 0 aromatic rings. The molecule has 258 valence electrons. The van der Waals surface area contributed by atoms with E-state index in [2.05, 4.69) is 52.8 Å². The highest BCUT2D eigenvalue weighted by Crippen LogP contribution is 2.30. The van der Waals surface area contributed by atoms with E-state index in [9.17, 15) is 9.59 Å². The van der Waals surface area contributed by atoms with E-state index in [4.69, 9.17) is 9.47 Å². The minimum Gasteiger partial charge on any atom is -0.462 e. The van der Waals surface area contributed by atoms with Crippen LogP contribution in [-0.4, -0.2) is 25.2 Å². The number of unbranched alkanes of at least 4 members (excludes halogenated alkanes) is 16. The standard InChI is InChI=1S/C41H70O4/c1-6-8-10-12-14-16-18-20-22-32-44-40(42)38-31-30-37(29-25-28-36(5)27-24-26-35(3)4)34-39(38)41(43)45-33-23-21-19-17-15-13-11-9-7-2/h26,28,30H,6-25,27,29,31-34H2,1-5H3. The van der Waals surface area contributed by atoms with E-state index in [1.165, 1.54) is 107 Å². The summed E-state index contributed by atoms with van der Waals surface area (Å²) in [5, 5.41) is 0. The summed E-state index contributed by atoms with van der Waals surface area (Å²) in [5.41, 5.74) is 5.00. The van der Waals surface area contributed by atoms with Crippen LogP contribution in [0.15, 0.2) is 46.1 Å². The van der Waals surface area contributed by atoms with Crippen LogP contribution in [0.5, 0.6) is 0 Å². The first-order chi connectivity index (χ1) is 21.9. The smallest absolute Gasteiger partial charge is 0.334 e. The predicted molar refractivity (Wildman–Crippen MR) is 192 cm³/mol. The van der Waals surface area contributed by atoms with Gasteiger partial charge in [-0.3, -0.25) is 0 Å². The van der Waals surface area contributed by atoms with E-state index in [1.54, 1.807) is 0 Å². The number of carbonyl (C=O) groups is 2. The van der Waals surface area contributed by atoms with Crippen molar-refractivity contribution in [2.45, 2.75) is 189 Å². The van der Waals surface area contributed by atoms with Crippen LogP contribution in [0.2, 0.25) is 0 Å². The molecule has 1 aliphatic carbocycles. The molecule has 0 aliphatic heterocycles. The normalized spacial score (nSPS) is 13.5. The Bertz CT molecular complexity index is 916. The maximum atomic E-state index is 13.3. The van der Waals surface area contributed by atoms with Gasteiger partial charge in [0.1, 0.15) is 0 Å². The minimum absolute atomic E-state index is 0.330. The van der Waals surface area contributed by atoms with Crippen molar-refractivity contribution >= 4 is 11.9 Å². The molecule has 0 atom stereocenters. The second-order valence-corrected chi connectivity index (χ2v) is 13.5. The lowest BCUT2D eigenvalue weighted by Crippen LogP contribution is -2.20. The molecule has 0 aromatic carbocycles. The second kappa shape index (κ2) is 28.1. The largest absolute Gasteiger partial charge is 0.462 e. The Morgan fingerprint density at radius 3 is 1.58 bits per heavy atom. The molecule has 4 nitrogen and oxygen atoms in total. The van der Waals surface area contributed by atoms with Crippen LogP contribution in [0.1, 0.15) is 189 Å². The van der Waals surface area contributed by atoms with Gasteiger partial charge in [-0.2, -0.15) is 0 Å². The highest BCUT2D eigenvalue weighted by molar-refractivity contribution is 6.01. The average Bonchev–Trinajstić information content (AvgIpc) is 3.02. The minimum atomic E-state index is -0.338. The zero-order valence-corrected chi connectivity index (χ0v) is 30.2. The predicted octanol–water partition coefficient (Wildman–Crippen LogP) is 12.6. The molecule has 0 radical (unpaired) electrons. The molecule has 0 spiro atoms. The first-order valence-electron chi connectivity index (χ1n) is 18.9. The fourth-order valence-corrected chi connectivity index (χ4v) is 5.89. The van der Waals surface area contributed by atoms with Crippen molar-refractivity contribution in [3.8, 4) is 0 Å². The number of hydrogen-bond donors (Lipinski definition) is 0. The summed E-state index contributed by atoms with van der Waals surface area (Å²) < 4.78 is 11.4. The van der Waals surface area contributed by atoms with Gasteiger partial charge in [-0.25, -0.2) is 9.59 Å². The summed E-state index contributed by atoms with van der Waals surface area (Å²) in [6.45, 7) is 11.8. The Hall–Kier alpha value is -2.10. The van der Waals surface area contributed by atoms with Gasteiger partial charge in [-0.1, -0.05) is 152 Å². The van der Waals surface area contributed by atoms with Gasteiger partial charge in [-0.05, 0) is 65.7 Å². The molecule has 0 amide bonds. The average molecular weight is 627 g/mol. The van der Waals surface area contributed by atoms with Crippen molar-refractivity contribution < 1.29 is 19.1 Å². The van der Waals surface area contributed by atoms with E-state index in [-0.39, 0.29) is 11.9 Å². The Balaban J connectivity index is 2.59. The van der Waals surface area contributed by atoms with Crippen LogP contribution in [0.4, 0.5) is 0 Å². The number of rotatable bonds is 28. The fourth-order valence-electron chi connectivity index (χ4n) is 5.89. The van der Waals surface area contributed by atoms with Crippen LogP contribution in [0.3, 0.4) is 0 Å². The van der Waals surface area contributed by atoms with E-state index in [1.807, 2.05) is 0 Å². The molecule has 1 rings (SSSR count). The van der Waals surface area contributed by atoms with Crippen molar-refractivity contribution in [3.05, 3.63) is 46.1 Å². The fraction of sp³-hybridized carbons (Fsp3) is 0.756. The highest BCUT2D eigenvalue weighted by Gasteiger charge is 2.26. The van der Waals surface area contributed by atoms with Gasteiger partial charge in [0, 0.05) is 6.42 Å². The summed E-state index contributed by atoms with van der Waals surface area (Å²) >= 11 is 0. The number of esters is 2.